The number of carbonyl (C=O) groups is 2. The molecule has 8 nitrogen and oxygen atoms in total. The zero-order valence-electron chi connectivity index (χ0n) is 22.4. The SMILES string of the molecule is Cc1cc(C)cc(-c2c(OCCC3CCCCN3C(=O)O)c3cc(C(=O)c4ccccn4)c(Cl)cc3[nH]c2=O)c1. The van der Waals surface area contributed by atoms with Gasteiger partial charge >= 0.3 is 6.09 Å². The number of pyridine rings is 2. The Morgan fingerprint density at radius 2 is 1.90 bits per heavy atom. The van der Waals surface area contributed by atoms with E-state index in [1.807, 2.05) is 32.0 Å². The minimum absolute atomic E-state index is 0.167. The third kappa shape index (κ3) is 5.58. The zero-order valence-corrected chi connectivity index (χ0v) is 23.1. The first-order chi connectivity index (χ1) is 19.2. The van der Waals surface area contributed by atoms with Crippen LogP contribution in [0.1, 0.15) is 52.9 Å². The standard InChI is InChI=1S/C31H30ClN3O5/c1-18-13-19(2)15-20(14-18)27-29(40-12-9-21-7-4-6-11-35(21)31(38)39)23-16-22(24(32)17-26(23)34-30(27)37)28(36)25-8-3-5-10-33-25/h3,5,8,10,13-17,21H,4,6-7,9,11-12H2,1-2H3,(H,34,37)(H,38,39). The second kappa shape index (κ2) is 11.5. The highest BCUT2D eigenvalue weighted by Crippen LogP contribution is 2.37. The Bertz CT molecular complexity index is 1630. The number of ketones is 1. The molecule has 2 N–H and O–H groups in total. The Hall–Kier alpha value is -4.17. The fraction of sp³-hybridized carbons (Fsp3) is 0.290. The van der Waals surface area contributed by atoms with Gasteiger partial charge in [0.2, 0.25) is 5.78 Å². The predicted octanol–water partition coefficient (Wildman–Crippen LogP) is 6.39. The summed E-state index contributed by atoms with van der Waals surface area (Å²) in [6.45, 7) is 4.61. The summed E-state index contributed by atoms with van der Waals surface area (Å²) in [4.78, 5) is 47.1. The molecule has 2 aromatic carbocycles. The highest BCUT2D eigenvalue weighted by Gasteiger charge is 2.27. The van der Waals surface area contributed by atoms with Gasteiger partial charge in [-0.2, -0.15) is 0 Å². The zero-order chi connectivity index (χ0) is 28.4. The number of hydrogen-bond acceptors (Lipinski definition) is 5. The van der Waals surface area contributed by atoms with E-state index in [-0.39, 0.29) is 40.3 Å². The maximum absolute atomic E-state index is 13.5. The number of nitrogens with one attached hydrogen (secondary N) is 1. The Balaban J connectivity index is 1.62. The average molecular weight is 560 g/mol. The first-order valence-electron chi connectivity index (χ1n) is 13.3. The smallest absolute Gasteiger partial charge is 0.407 e. The number of rotatable bonds is 7. The highest BCUT2D eigenvalue weighted by atomic mass is 35.5. The summed E-state index contributed by atoms with van der Waals surface area (Å²) in [6.07, 6.45) is 3.63. The van der Waals surface area contributed by atoms with E-state index in [9.17, 15) is 19.5 Å². The number of fused-ring (bicyclic) bond motifs is 1. The molecule has 1 saturated heterocycles. The number of likely N-dealkylation sites (tertiary alicyclic amines) is 1. The number of H-pyrrole nitrogens is 1. The van der Waals surface area contributed by atoms with Crippen LogP contribution in [-0.2, 0) is 0 Å². The van der Waals surface area contributed by atoms with E-state index in [0.29, 0.717) is 40.7 Å². The lowest BCUT2D eigenvalue weighted by atomic mass is 9.97. The molecule has 1 amide bonds. The van der Waals surface area contributed by atoms with Crippen LogP contribution in [0, 0.1) is 13.8 Å². The van der Waals surface area contributed by atoms with Crippen molar-refractivity contribution in [3.05, 3.63) is 92.5 Å². The molecule has 40 heavy (non-hydrogen) atoms. The van der Waals surface area contributed by atoms with Gasteiger partial charge in [-0.3, -0.25) is 14.6 Å². The third-order valence-electron chi connectivity index (χ3n) is 7.28. The molecule has 1 aliphatic rings. The molecule has 4 aromatic rings. The van der Waals surface area contributed by atoms with Crippen LogP contribution in [-0.4, -0.2) is 51.0 Å². The number of hydrogen-bond donors (Lipinski definition) is 2. The van der Waals surface area contributed by atoms with Crippen molar-refractivity contribution < 1.29 is 19.4 Å². The van der Waals surface area contributed by atoms with Gasteiger partial charge in [-0.1, -0.05) is 47.0 Å². The number of ether oxygens (including phenoxy) is 1. The summed E-state index contributed by atoms with van der Waals surface area (Å²) in [5.74, 6) is -0.0231. The lowest BCUT2D eigenvalue weighted by Gasteiger charge is -2.33. The number of aromatic amines is 1. The largest absolute Gasteiger partial charge is 0.492 e. The third-order valence-corrected chi connectivity index (χ3v) is 7.59. The number of benzene rings is 2. The molecular formula is C31H30ClN3O5. The van der Waals surface area contributed by atoms with Crippen molar-refractivity contribution in [1.29, 1.82) is 0 Å². The van der Waals surface area contributed by atoms with Gasteiger partial charge in [-0.05, 0) is 62.9 Å². The fourth-order valence-corrected chi connectivity index (χ4v) is 5.73. The van der Waals surface area contributed by atoms with Crippen molar-refractivity contribution in [3.8, 4) is 16.9 Å². The Kier molecular flexibility index (Phi) is 7.89. The summed E-state index contributed by atoms with van der Waals surface area (Å²) in [7, 11) is 0. The van der Waals surface area contributed by atoms with E-state index >= 15 is 0 Å². The monoisotopic (exact) mass is 559 g/mol. The molecular weight excluding hydrogens is 530 g/mol. The number of aryl methyl sites for hydroxylation is 2. The van der Waals surface area contributed by atoms with Gasteiger partial charge in [0.25, 0.3) is 5.56 Å². The minimum atomic E-state index is -0.936. The summed E-state index contributed by atoms with van der Waals surface area (Å²) in [5.41, 5.74) is 3.57. The van der Waals surface area contributed by atoms with Crippen molar-refractivity contribution in [3.63, 3.8) is 0 Å². The molecule has 0 radical (unpaired) electrons. The van der Waals surface area contributed by atoms with E-state index < -0.39 is 6.09 Å². The van der Waals surface area contributed by atoms with E-state index in [0.717, 1.165) is 30.4 Å². The van der Waals surface area contributed by atoms with Crippen LogP contribution in [0.25, 0.3) is 22.0 Å². The molecule has 1 fully saturated rings. The van der Waals surface area contributed by atoms with Gasteiger partial charge in [0, 0.05) is 36.2 Å². The molecule has 2 aromatic heterocycles. The van der Waals surface area contributed by atoms with Gasteiger partial charge in [0.05, 0.1) is 22.7 Å². The second-order valence-electron chi connectivity index (χ2n) is 10.2. The van der Waals surface area contributed by atoms with Crippen LogP contribution in [0.15, 0.2) is 59.5 Å². The van der Waals surface area contributed by atoms with Gasteiger partial charge in [0.15, 0.2) is 0 Å². The molecule has 0 bridgehead atoms. The van der Waals surface area contributed by atoms with Crippen molar-refractivity contribution in [2.75, 3.05) is 13.2 Å². The number of carboxylic acid groups (broad SMARTS) is 1. The fourth-order valence-electron chi connectivity index (χ4n) is 5.48. The molecule has 1 unspecified atom stereocenters. The molecule has 206 valence electrons. The van der Waals surface area contributed by atoms with E-state index in [1.54, 1.807) is 30.3 Å². The quantitative estimate of drug-likeness (QED) is 0.254. The van der Waals surface area contributed by atoms with Crippen LogP contribution in [0.3, 0.4) is 0 Å². The molecule has 9 heteroatoms. The number of nitrogens with zero attached hydrogens (tertiary/aromatic N) is 2. The number of aromatic nitrogens is 2. The maximum Gasteiger partial charge on any atom is 0.407 e. The van der Waals surface area contributed by atoms with Crippen molar-refractivity contribution >= 4 is 34.4 Å². The summed E-state index contributed by atoms with van der Waals surface area (Å²) in [6, 6.07) is 13.9. The lowest BCUT2D eigenvalue weighted by molar-refractivity contribution is 0.0968. The van der Waals surface area contributed by atoms with Gasteiger partial charge < -0.3 is 19.7 Å². The number of piperidine rings is 1. The van der Waals surface area contributed by atoms with Crippen molar-refractivity contribution in [1.82, 2.24) is 14.9 Å². The van der Waals surface area contributed by atoms with Gasteiger partial charge in [-0.15, -0.1) is 0 Å². The first-order valence-corrected chi connectivity index (χ1v) is 13.7. The Labute approximate surface area is 236 Å². The van der Waals surface area contributed by atoms with Crippen LogP contribution in [0.2, 0.25) is 5.02 Å². The van der Waals surface area contributed by atoms with Crippen molar-refractivity contribution in [2.45, 2.75) is 45.6 Å². The highest BCUT2D eigenvalue weighted by molar-refractivity contribution is 6.35. The average Bonchev–Trinajstić information content (AvgIpc) is 2.92. The van der Waals surface area contributed by atoms with Crippen LogP contribution in [0.4, 0.5) is 4.79 Å². The Morgan fingerprint density at radius 1 is 1.12 bits per heavy atom. The van der Waals surface area contributed by atoms with Crippen LogP contribution >= 0.6 is 11.6 Å². The molecule has 1 atom stereocenters. The Morgan fingerprint density at radius 3 is 2.60 bits per heavy atom. The van der Waals surface area contributed by atoms with Crippen molar-refractivity contribution in [2.24, 2.45) is 0 Å². The molecule has 1 aliphatic heterocycles. The van der Waals surface area contributed by atoms with Gasteiger partial charge in [0.1, 0.15) is 11.4 Å². The number of amides is 1. The molecule has 0 spiro atoms. The topological polar surface area (TPSA) is 113 Å². The van der Waals surface area contributed by atoms with E-state index in [2.05, 4.69) is 9.97 Å². The summed E-state index contributed by atoms with van der Waals surface area (Å²) in [5, 5.41) is 10.3. The number of carbonyl (C=O) groups excluding carboxylic acids is 1. The summed E-state index contributed by atoms with van der Waals surface area (Å²) < 4.78 is 6.37. The first kappa shape index (κ1) is 27.4. The van der Waals surface area contributed by atoms with E-state index in [4.69, 9.17) is 16.3 Å². The van der Waals surface area contributed by atoms with Gasteiger partial charge in [-0.25, -0.2) is 4.79 Å². The number of halogens is 1. The van der Waals surface area contributed by atoms with Crippen LogP contribution < -0.4 is 10.3 Å². The molecule has 5 rings (SSSR count). The maximum atomic E-state index is 13.5. The minimum Gasteiger partial charge on any atom is -0.492 e. The van der Waals surface area contributed by atoms with Crippen LogP contribution in [0.5, 0.6) is 5.75 Å². The summed E-state index contributed by atoms with van der Waals surface area (Å²) >= 11 is 6.53. The molecule has 0 aliphatic carbocycles. The molecule has 3 heterocycles. The lowest BCUT2D eigenvalue weighted by Crippen LogP contribution is -2.43. The second-order valence-corrected chi connectivity index (χ2v) is 10.6. The van der Waals surface area contributed by atoms with E-state index in [1.165, 1.54) is 11.1 Å². The predicted molar refractivity (Wildman–Crippen MR) is 155 cm³/mol. The molecule has 0 saturated carbocycles. The normalized spacial score (nSPS) is 15.3.